The van der Waals surface area contributed by atoms with E-state index in [1.54, 1.807) is 0 Å². The van der Waals surface area contributed by atoms with Crippen LogP contribution in [0.2, 0.25) is 0 Å². The minimum atomic E-state index is -0.326. The number of aromatic nitrogens is 1. The van der Waals surface area contributed by atoms with Gasteiger partial charge in [0.15, 0.2) is 0 Å². The number of carbonyl (C=O) groups excluding carboxylic acids is 1. The van der Waals surface area contributed by atoms with E-state index in [0.29, 0.717) is 13.1 Å². The minimum absolute atomic E-state index is 0.326. The second-order valence-corrected chi connectivity index (χ2v) is 5.07. The summed E-state index contributed by atoms with van der Waals surface area (Å²) in [5, 5.41) is 0.952. The molecule has 0 bridgehead atoms. The van der Waals surface area contributed by atoms with Gasteiger partial charge in [-0.15, -0.1) is 0 Å². The average molecular weight is 295 g/mol. The zero-order valence-electron chi connectivity index (χ0n) is 12.3. The lowest BCUT2D eigenvalue weighted by molar-refractivity contribution is -0.133. The number of hydrogen-bond acceptors (Lipinski definition) is 3. The monoisotopic (exact) mass is 295 g/mol. The Morgan fingerprint density at radius 3 is 2.73 bits per heavy atom. The van der Waals surface area contributed by atoms with Gasteiger partial charge in [0.1, 0.15) is 18.5 Å². The van der Waals surface area contributed by atoms with Gasteiger partial charge in [-0.1, -0.05) is 36.4 Å². The zero-order chi connectivity index (χ0) is 15.4. The maximum atomic E-state index is 10.6. The van der Waals surface area contributed by atoms with Gasteiger partial charge in [0, 0.05) is 22.7 Å². The highest BCUT2D eigenvalue weighted by molar-refractivity contribution is 5.89. The number of H-pyrrole nitrogens is 1. The van der Waals surface area contributed by atoms with Gasteiger partial charge < -0.3 is 14.5 Å². The number of hydrogen-bond donors (Lipinski definition) is 1. The highest BCUT2D eigenvalue weighted by atomic mass is 16.5. The third-order valence-electron chi connectivity index (χ3n) is 3.63. The molecular weight excluding hydrogens is 278 g/mol. The Hall–Kier alpha value is -2.75. The van der Waals surface area contributed by atoms with Crippen LogP contribution in [0.15, 0.2) is 54.7 Å². The van der Waals surface area contributed by atoms with Gasteiger partial charge in [-0.3, -0.25) is 4.79 Å². The zero-order valence-corrected chi connectivity index (χ0v) is 12.3. The van der Waals surface area contributed by atoms with Crippen LogP contribution in [-0.4, -0.2) is 11.5 Å². The molecule has 0 aliphatic heterocycles. The SMILES string of the molecule is CC(OC=O)c1c[nH]c2cccc(OCc3ccccc3)c12. The van der Waals surface area contributed by atoms with Gasteiger partial charge in [0.2, 0.25) is 0 Å². The van der Waals surface area contributed by atoms with Crippen LogP contribution in [0.4, 0.5) is 0 Å². The summed E-state index contributed by atoms with van der Waals surface area (Å²) >= 11 is 0. The first kappa shape index (κ1) is 14.2. The summed E-state index contributed by atoms with van der Waals surface area (Å²) in [4.78, 5) is 13.8. The molecule has 0 fully saturated rings. The molecule has 4 heteroatoms. The highest BCUT2D eigenvalue weighted by Gasteiger charge is 2.15. The van der Waals surface area contributed by atoms with Gasteiger partial charge in [0.05, 0.1) is 0 Å². The minimum Gasteiger partial charge on any atom is -0.488 e. The van der Waals surface area contributed by atoms with Gasteiger partial charge >= 0.3 is 0 Å². The van der Waals surface area contributed by atoms with Crippen molar-refractivity contribution in [2.24, 2.45) is 0 Å². The van der Waals surface area contributed by atoms with E-state index < -0.39 is 0 Å². The Balaban J connectivity index is 1.91. The maximum absolute atomic E-state index is 10.6. The van der Waals surface area contributed by atoms with Crippen molar-refractivity contribution in [1.29, 1.82) is 0 Å². The lowest BCUT2D eigenvalue weighted by Crippen LogP contribution is -1.99. The molecule has 112 valence electrons. The highest BCUT2D eigenvalue weighted by Crippen LogP contribution is 2.33. The molecule has 0 saturated heterocycles. The number of benzene rings is 2. The Morgan fingerprint density at radius 1 is 1.14 bits per heavy atom. The van der Waals surface area contributed by atoms with Gasteiger partial charge in [-0.05, 0) is 24.6 Å². The molecule has 1 unspecified atom stereocenters. The maximum Gasteiger partial charge on any atom is 0.293 e. The topological polar surface area (TPSA) is 51.3 Å². The van der Waals surface area contributed by atoms with Crippen LogP contribution in [0, 0.1) is 0 Å². The first-order chi connectivity index (χ1) is 10.8. The fraction of sp³-hybridized carbons (Fsp3) is 0.167. The average Bonchev–Trinajstić information content (AvgIpc) is 2.99. The van der Waals surface area contributed by atoms with E-state index in [9.17, 15) is 4.79 Å². The van der Waals surface area contributed by atoms with E-state index in [0.717, 1.165) is 27.8 Å². The molecule has 0 saturated carbocycles. The number of rotatable bonds is 6. The normalized spacial score (nSPS) is 12.0. The summed E-state index contributed by atoms with van der Waals surface area (Å²) < 4.78 is 11.0. The van der Waals surface area contributed by atoms with Crippen molar-refractivity contribution in [1.82, 2.24) is 4.98 Å². The van der Waals surface area contributed by atoms with Crippen molar-refractivity contribution in [3.05, 3.63) is 65.9 Å². The summed E-state index contributed by atoms with van der Waals surface area (Å²) in [6.45, 7) is 2.80. The van der Waals surface area contributed by atoms with Gasteiger partial charge in [-0.2, -0.15) is 0 Å². The molecule has 0 spiro atoms. The summed E-state index contributed by atoms with van der Waals surface area (Å²) in [5.74, 6) is 0.777. The molecule has 3 aromatic rings. The van der Waals surface area contributed by atoms with E-state index in [2.05, 4.69) is 4.98 Å². The number of nitrogens with one attached hydrogen (secondary N) is 1. The molecule has 4 nitrogen and oxygen atoms in total. The third kappa shape index (κ3) is 2.81. The molecule has 1 N–H and O–H groups in total. The smallest absolute Gasteiger partial charge is 0.293 e. The molecule has 3 rings (SSSR count). The largest absolute Gasteiger partial charge is 0.488 e. The summed E-state index contributed by atoms with van der Waals surface area (Å²) in [6, 6.07) is 15.8. The standard InChI is InChI=1S/C18H17NO3/c1-13(22-12-20)15-10-19-16-8-5-9-17(18(15)16)21-11-14-6-3-2-4-7-14/h2-10,12-13,19H,11H2,1H3. The molecule has 0 aliphatic carbocycles. The van der Waals surface area contributed by atoms with Crippen molar-refractivity contribution in [3.8, 4) is 5.75 Å². The van der Waals surface area contributed by atoms with Crippen molar-refractivity contribution in [3.63, 3.8) is 0 Å². The first-order valence-corrected chi connectivity index (χ1v) is 7.15. The number of carbonyl (C=O) groups is 1. The first-order valence-electron chi connectivity index (χ1n) is 7.15. The fourth-order valence-corrected chi connectivity index (χ4v) is 2.51. The van der Waals surface area contributed by atoms with Gasteiger partial charge in [0.25, 0.3) is 6.47 Å². The summed E-state index contributed by atoms with van der Waals surface area (Å²) in [7, 11) is 0. The summed E-state index contributed by atoms with van der Waals surface area (Å²) in [5.41, 5.74) is 2.97. The molecule has 2 aromatic carbocycles. The molecule has 1 aromatic heterocycles. The Morgan fingerprint density at radius 2 is 1.95 bits per heavy atom. The molecule has 0 amide bonds. The molecule has 1 heterocycles. The molecule has 1 atom stereocenters. The predicted molar refractivity (Wildman–Crippen MR) is 84.6 cm³/mol. The quantitative estimate of drug-likeness (QED) is 0.700. The van der Waals surface area contributed by atoms with E-state index in [-0.39, 0.29) is 6.10 Å². The lowest BCUT2D eigenvalue weighted by Gasteiger charge is -2.12. The van der Waals surface area contributed by atoms with Crippen LogP contribution in [-0.2, 0) is 16.1 Å². The molecular formula is C18H17NO3. The van der Waals surface area contributed by atoms with E-state index in [1.165, 1.54) is 0 Å². The van der Waals surface area contributed by atoms with Crippen LogP contribution in [0.25, 0.3) is 10.9 Å². The molecule has 0 radical (unpaired) electrons. The van der Waals surface area contributed by atoms with Crippen LogP contribution in [0.1, 0.15) is 24.2 Å². The second-order valence-electron chi connectivity index (χ2n) is 5.07. The third-order valence-corrected chi connectivity index (χ3v) is 3.63. The van der Waals surface area contributed by atoms with Crippen molar-refractivity contribution >= 4 is 17.4 Å². The van der Waals surface area contributed by atoms with Crippen LogP contribution < -0.4 is 4.74 Å². The lowest BCUT2D eigenvalue weighted by atomic mass is 10.1. The van der Waals surface area contributed by atoms with Crippen LogP contribution in [0.5, 0.6) is 5.75 Å². The number of aromatic amines is 1. The van der Waals surface area contributed by atoms with Crippen molar-refractivity contribution < 1.29 is 14.3 Å². The fourth-order valence-electron chi connectivity index (χ4n) is 2.51. The van der Waals surface area contributed by atoms with E-state index in [1.807, 2.05) is 61.7 Å². The van der Waals surface area contributed by atoms with E-state index in [4.69, 9.17) is 9.47 Å². The molecule has 0 aliphatic rings. The van der Waals surface area contributed by atoms with Crippen LogP contribution >= 0.6 is 0 Å². The second kappa shape index (κ2) is 6.35. The Kier molecular flexibility index (Phi) is 4.10. The molecule has 22 heavy (non-hydrogen) atoms. The van der Waals surface area contributed by atoms with Crippen LogP contribution in [0.3, 0.4) is 0 Å². The number of ether oxygens (including phenoxy) is 2. The Bertz CT molecular complexity index is 764. The number of fused-ring (bicyclic) bond motifs is 1. The summed E-state index contributed by atoms with van der Waals surface area (Å²) in [6.07, 6.45) is 1.53. The van der Waals surface area contributed by atoms with Crippen molar-refractivity contribution in [2.75, 3.05) is 0 Å². The van der Waals surface area contributed by atoms with Gasteiger partial charge in [-0.25, -0.2) is 0 Å². The predicted octanol–water partition coefficient (Wildman–Crippen LogP) is 3.98. The van der Waals surface area contributed by atoms with E-state index >= 15 is 0 Å². The van der Waals surface area contributed by atoms with Crippen molar-refractivity contribution in [2.45, 2.75) is 19.6 Å². The Labute approximate surface area is 128 Å².